The maximum Gasteiger partial charge on any atom is 0.350 e. The lowest BCUT2D eigenvalue weighted by atomic mass is 10.2. The van der Waals surface area contributed by atoms with Crippen LogP contribution in [-0.4, -0.2) is 59.2 Å². The zero-order valence-electron chi connectivity index (χ0n) is 12.3. The van der Waals surface area contributed by atoms with E-state index in [1.165, 1.54) is 18.1 Å². The van der Waals surface area contributed by atoms with E-state index in [0.717, 1.165) is 5.03 Å². The molecule has 23 heavy (non-hydrogen) atoms. The Kier molecular flexibility index (Phi) is 4.73. The van der Waals surface area contributed by atoms with E-state index in [1.54, 1.807) is 6.33 Å². The second-order valence-electron chi connectivity index (χ2n) is 5.40. The van der Waals surface area contributed by atoms with Crippen LogP contribution < -0.4 is 0 Å². The molecule has 1 aliphatic rings. The first-order valence-electron chi connectivity index (χ1n) is 6.95. The van der Waals surface area contributed by atoms with Gasteiger partial charge in [0, 0.05) is 6.04 Å². The number of hydrogen-bond acceptors (Lipinski definition) is 7. The minimum Gasteiger partial charge on any atom is -0.390 e. The molecule has 0 saturated heterocycles. The molecule has 0 spiro atoms. The highest BCUT2D eigenvalue weighted by Crippen LogP contribution is 2.39. The van der Waals surface area contributed by atoms with Crippen molar-refractivity contribution in [3.05, 3.63) is 12.7 Å². The van der Waals surface area contributed by atoms with Crippen molar-refractivity contribution < 1.29 is 24.2 Å². The van der Waals surface area contributed by atoms with E-state index in [9.17, 15) is 9.67 Å². The van der Waals surface area contributed by atoms with Crippen LogP contribution in [0.1, 0.15) is 18.9 Å². The number of aromatic nitrogens is 4. The van der Waals surface area contributed by atoms with Crippen molar-refractivity contribution in [2.24, 2.45) is 0 Å². The molecule has 0 radical (unpaired) electrons. The zero-order chi connectivity index (χ0) is 16.6. The molecule has 11 heteroatoms. The summed E-state index contributed by atoms with van der Waals surface area (Å²) in [6.45, 7) is 0. The average molecular weight is 360 g/mol. The van der Waals surface area contributed by atoms with Gasteiger partial charge < -0.3 is 24.2 Å². The predicted molar refractivity (Wildman–Crippen MR) is 83.2 cm³/mol. The summed E-state index contributed by atoms with van der Waals surface area (Å²) in [5.41, 5.74) is 1.38. The lowest BCUT2D eigenvalue weighted by Crippen LogP contribution is -2.23. The molecule has 1 saturated carbocycles. The Bertz CT molecular complexity index is 750. The Hall–Kier alpha value is -1.03. The van der Waals surface area contributed by atoms with Crippen LogP contribution >= 0.6 is 19.4 Å². The Morgan fingerprint density at radius 3 is 2.87 bits per heavy atom. The van der Waals surface area contributed by atoms with E-state index in [4.69, 9.17) is 14.5 Å². The van der Waals surface area contributed by atoms with Crippen LogP contribution in [0.25, 0.3) is 11.2 Å². The normalized spacial score (nSPS) is 25.3. The molecule has 9 nitrogen and oxygen atoms in total. The molecule has 2 aromatic rings. The van der Waals surface area contributed by atoms with E-state index in [2.05, 4.69) is 15.0 Å². The van der Waals surface area contributed by atoms with Crippen molar-refractivity contribution in [1.29, 1.82) is 0 Å². The van der Waals surface area contributed by atoms with Gasteiger partial charge in [0.05, 0.1) is 18.5 Å². The largest absolute Gasteiger partial charge is 0.390 e. The smallest absolute Gasteiger partial charge is 0.350 e. The summed E-state index contributed by atoms with van der Waals surface area (Å²) in [6, 6.07) is -0.0959. The van der Waals surface area contributed by atoms with Crippen molar-refractivity contribution in [2.45, 2.75) is 36.1 Å². The third-order valence-electron chi connectivity index (χ3n) is 3.82. The summed E-state index contributed by atoms with van der Waals surface area (Å²) in [7, 11) is -4.25. The van der Waals surface area contributed by atoms with Crippen molar-refractivity contribution in [2.75, 3.05) is 12.6 Å². The fourth-order valence-corrected chi connectivity index (χ4v) is 3.67. The molecule has 1 fully saturated rings. The maximum absolute atomic E-state index is 10.9. The first-order chi connectivity index (χ1) is 10.9. The number of aliphatic hydroxyl groups is 1. The Balaban J connectivity index is 1.80. The van der Waals surface area contributed by atoms with Crippen LogP contribution in [0.5, 0.6) is 0 Å². The highest BCUT2D eigenvalue weighted by molar-refractivity contribution is 7.98. The number of hydrogen-bond donors (Lipinski definition) is 3. The van der Waals surface area contributed by atoms with Gasteiger partial charge in [-0.2, -0.15) is 0 Å². The molecular weight excluding hydrogens is 343 g/mol. The lowest BCUT2D eigenvalue weighted by Gasteiger charge is -2.15. The van der Waals surface area contributed by atoms with Crippen LogP contribution in [0.4, 0.5) is 0 Å². The molecule has 0 unspecified atom stereocenters. The molecule has 3 rings (SSSR count). The van der Waals surface area contributed by atoms with Gasteiger partial charge in [-0.3, -0.25) is 4.57 Å². The standard InChI is InChI=1S/C12H17N4O5PS/c1-23-12-10-11(13-4-14-12)16(5-15-10)7-2-8(17)9(3-7)21-6-22(18,19)20/h4-5,7-9,17H,2-3,6H2,1H3,(H2,18,19,20)/t7-,8-,9-/m0/s1. The minimum absolute atomic E-state index is 0.0959. The summed E-state index contributed by atoms with van der Waals surface area (Å²) >= 11 is 1.48. The van der Waals surface area contributed by atoms with Crippen molar-refractivity contribution in [3.63, 3.8) is 0 Å². The van der Waals surface area contributed by atoms with E-state index in [1.807, 2.05) is 10.8 Å². The van der Waals surface area contributed by atoms with Crippen LogP contribution in [0.15, 0.2) is 17.7 Å². The summed E-state index contributed by atoms with van der Waals surface area (Å²) in [5.74, 6) is 0. The maximum atomic E-state index is 10.9. The third-order valence-corrected chi connectivity index (χ3v) is 4.99. The van der Waals surface area contributed by atoms with Gasteiger partial charge in [-0.25, -0.2) is 15.0 Å². The summed E-state index contributed by atoms with van der Waals surface area (Å²) in [5, 5.41) is 10.9. The number of nitrogens with zero attached hydrogens (tertiary/aromatic N) is 4. The number of fused-ring (bicyclic) bond motifs is 1. The SMILES string of the molecule is CSc1ncnc2c1ncn2[C@@H]1C[C@H](OCP(=O)(O)O)[C@@H](O)C1. The summed E-state index contributed by atoms with van der Waals surface area (Å²) in [4.78, 5) is 30.5. The van der Waals surface area contributed by atoms with Crippen LogP contribution in [0, 0.1) is 0 Å². The fraction of sp³-hybridized carbons (Fsp3) is 0.583. The van der Waals surface area contributed by atoms with Crippen molar-refractivity contribution in [3.8, 4) is 0 Å². The zero-order valence-corrected chi connectivity index (χ0v) is 14.0. The van der Waals surface area contributed by atoms with Gasteiger partial charge in [-0.15, -0.1) is 11.8 Å². The molecule has 3 atom stereocenters. The van der Waals surface area contributed by atoms with Crippen LogP contribution in [0.3, 0.4) is 0 Å². The number of thioether (sulfide) groups is 1. The quantitative estimate of drug-likeness (QED) is 0.402. The van der Waals surface area contributed by atoms with Gasteiger partial charge in [0.15, 0.2) is 5.65 Å². The van der Waals surface area contributed by atoms with Crippen molar-refractivity contribution >= 4 is 30.5 Å². The number of aliphatic hydroxyl groups excluding tert-OH is 1. The fourth-order valence-electron chi connectivity index (χ4n) is 2.80. The molecule has 0 amide bonds. The van der Waals surface area contributed by atoms with Gasteiger partial charge in [0.1, 0.15) is 23.2 Å². The molecule has 3 N–H and O–H groups in total. The molecule has 126 valence electrons. The highest BCUT2D eigenvalue weighted by atomic mass is 32.2. The minimum atomic E-state index is -4.25. The third kappa shape index (κ3) is 3.57. The van der Waals surface area contributed by atoms with Gasteiger partial charge in [0.25, 0.3) is 0 Å². The van der Waals surface area contributed by atoms with Gasteiger partial charge in [-0.1, -0.05) is 0 Å². The highest BCUT2D eigenvalue weighted by Gasteiger charge is 2.36. The van der Waals surface area contributed by atoms with E-state index in [0.29, 0.717) is 24.0 Å². The molecule has 0 aromatic carbocycles. The van der Waals surface area contributed by atoms with E-state index < -0.39 is 26.2 Å². The summed E-state index contributed by atoms with van der Waals surface area (Å²) < 4.78 is 17.9. The lowest BCUT2D eigenvalue weighted by molar-refractivity contribution is -0.00425. The first kappa shape index (κ1) is 16.8. The number of rotatable bonds is 5. The van der Waals surface area contributed by atoms with E-state index >= 15 is 0 Å². The molecule has 2 aromatic heterocycles. The Morgan fingerprint density at radius 2 is 2.17 bits per heavy atom. The monoisotopic (exact) mass is 360 g/mol. The Morgan fingerprint density at radius 1 is 1.39 bits per heavy atom. The Labute approximate surface area is 136 Å². The second kappa shape index (κ2) is 6.46. The van der Waals surface area contributed by atoms with Gasteiger partial charge in [-0.05, 0) is 19.1 Å². The van der Waals surface area contributed by atoms with Crippen molar-refractivity contribution in [1.82, 2.24) is 19.5 Å². The van der Waals surface area contributed by atoms with Gasteiger partial charge in [0.2, 0.25) is 0 Å². The number of ether oxygens (including phenoxy) is 1. The van der Waals surface area contributed by atoms with Crippen LogP contribution in [-0.2, 0) is 9.30 Å². The molecule has 0 bridgehead atoms. The topological polar surface area (TPSA) is 131 Å². The van der Waals surface area contributed by atoms with Crippen LogP contribution in [0.2, 0.25) is 0 Å². The molecule has 2 heterocycles. The molecule has 1 aliphatic carbocycles. The summed E-state index contributed by atoms with van der Waals surface area (Å²) in [6.07, 6.45) is 3.79. The van der Waals surface area contributed by atoms with E-state index in [-0.39, 0.29) is 6.04 Å². The molecular formula is C12H17N4O5PS. The van der Waals surface area contributed by atoms with Gasteiger partial charge >= 0.3 is 7.60 Å². The average Bonchev–Trinajstić information content (AvgIpc) is 3.07. The first-order valence-corrected chi connectivity index (χ1v) is 9.97. The predicted octanol–water partition coefficient (Wildman–Crippen LogP) is 0.764. The molecule has 0 aliphatic heterocycles. The number of imidazole rings is 1. The second-order valence-corrected chi connectivity index (χ2v) is 7.78.